The van der Waals surface area contributed by atoms with Gasteiger partial charge < -0.3 is 9.47 Å². The van der Waals surface area contributed by atoms with E-state index < -0.39 is 29.8 Å². The van der Waals surface area contributed by atoms with Crippen molar-refractivity contribution in [2.45, 2.75) is 45.1 Å². The lowest BCUT2D eigenvalue weighted by Crippen LogP contribution is -2.45. The number of rotatable bonds is 2. The zero-order valence-electron chi connectivity index (χ0n) is 11.1. The molecule has 0 aromatic heterocycles. The molecular formula is C13H15F3O4. The lowest BCUT2D eigenvalue weighted by molar-refractivity contribution is -0.231. The van der Waals surface area contributed by atoms with Gasteiger partial charge in [-0.05, 0) is 26.7 Å². The van der Waals surface area contributed by atoms with Crippen LogP contribution in [-0.2, 0) is 19.1 Å². The molecule has 4 nitrogen and oxygen atoms in total. The van der Waals surface area contributed by atoms with Gasteiger partial charge in [-0.15, -0.1) is 0 Å². The standard InChI is InChI=1S/C13H15F3O4/c1-12(2,13(14,15)16)11(18)20-8-5-3-6-7(4-5)10(17)19-9(6)8/h5-9H,3-4H2,1-2H3. The summed E-state index contributed by atoms with van der Waals surface area (Å²) >= 11 is 0. The van der Waals surface area contributed by atoms with Crippen molar-refractivity contribution in [1.29, 1.82) is 0 Å². The molecule has 2 saturated carbocycles. The first kappa shape index (κ1) is 13.7. The van der Waals surface area contributed by atoms with Gasteiger partial charge in [-0.1, -0.05) is 0 Å². The highest BCUT2D eigenvalue weighted by Gasteiger charge is 2.64. The normalized spacial score (nSPS) is 39.0. The third-order valence-corrected chi connectivity index (χ3v) is 4.88. The van der Waals surface area contributed by atoms with Crippen molar-refractivity contribution >= 4 is 11.9 Å². The maximum atomic E-state index is 12.8. The van der Waals surface area contributed by atoms with Crippen LogP contribution in [0.15, 0.2) is 0 Å². The Morgan fingerprint density at radius 3 is 2.55 bits per heavy atom. The van der Waals surface area contributed by atoms with Gasteiger partial charge in [-0.3, -0.25) is 9.59 Å². The molecule has 1 saturated heterocycles. The number of esters is 2. The van der Waals surface area contributed by atoms with Crippen LogP contribution in [0, 0.1) is 23.2 Å². The molecule has 20 heavy (non-hydrogen) atoms. The Bertz CT molecular complexity index is 471. The quantitative estimate of drug-likeness (QED) is 0.731. The lowest BCUT2D eigenvalue weighted by atomic mass is 9.87. The van der Waals surface area contributed by atoms with Gasteiger partial charge >= 0.3 is 18.1 Å². The van der Waals surface area contributed by atoms with Gasteiger partial charge in [0.25, 0.3) is 0 Å². The van der Waals surface area contributed by atoms with Crippen molar-refractivity contribution in [2.75, 3.05) is 0 Å². The average Bonchev–Trinajstić information content (AvgIpc) is 2.91. The highest BCUT2D eigenvalue weighted by atomic mass is 19.4. The van der Waals surface area contributed by atoms with Gasteiger partial charge in [0, 0.05) is 11.8 Å². The van der Waals surface area contributed by atoms with E-state index in [1.807, 2.05) is 0 Å². The number of hydrogen-bond acceptors (Lipinski definition) is 4. The van der Waals surface area contributed by atoms with E-state index in [1.54, 1.807) is 0 Å². The van der Waals surface area contributed by atoms with Gasteiger partial charge in [0.2, 0.25) is 0 Å². The maximum absolute atomic E-state index is 12.8. The van der Waals surface area contributed by atoms with Gasteiger partial charge in [-0.2, -0.15) is 13.2 Å². The molecule has 5 unspecified atom stereocenters. The minimum Gasteiger partial charge on any atom is -0.458 e. The van der Waals surface area contributed by atoms with E-state index in [0.717, 1.165) is 13.8 Å². The zero-order chi connectivity index (χ0) is 14.9. The second kappa shape index (κ2) is 3.89. The van der Waals surface area contributed by atoms with Gasteiger partial charge in [-0.25, -0.2) is 0 Å². The third kappa shape index (κ3) is 1.67. The lowest BCUT2D eigenvalue weighted by Gasteiger charge is -2.31. The molecule has 1 aliphatic heterocycles. The summed E-state index contributed by atoms with van der Waals surface area (Å²) in [5, 5.41) is 0. The number of carbonyl (C=O) groups excluding carboxylic acids is 2. The van der Waals surface area contributed by atoms with E-state index in [0.29, 0.717) is 12.8 Å². The zero-order valence-corrected chi connectivity index (χ0v) is 11.1. The fourth-order valence-corrected chi connectivity index (χ4v) is 3.45. The minimum atomic E-state index is -4.67. The predicted octanol–water partition coefficient (Wildman–Crippen LogP) is 2.07. The SMILES string of the molecule is CC(C)(C(=O)OC1C2CC3C(=O)OC1C3C2)C(F)(F)F. The molecule has 112 valence electrons. The molecule has 0 aromatic rings. The van der Waals surface area contributed by atoms with Crippen molar-refractivity contribution in [2.24, 2.45) is 23.2 Å². The molecule has 5 atom stereocenters. The number of ether oxygens (including phenoxy) is 2. The van der Waals surface area contributed by atoms with Gasteiger partial charge in [0.1, 0.15) is 12.2 Å². The Kier molecular flexibility index (Phi) is 2.66. The Hall–Kier alpha value is -1.27. The molecule has 2 bridgehead atoms. The van der Waals surface area contributed by atoms with Crippen molar-refractivity contribution in [3.63, 3.8) is 0 Å². The average molecular weight is 292 g/mol. The molecule has 0 radical (unpaired) electrons. The Morgan fingerprint density at radius 1 is 1.30 bits per heavy atom. The van der Waals surface area contributed by atoms with Crippen LogP contribution in [0.5, 0.6) is 0 Å². The van der Waals surface area contributed by atoms with Crippen LogP contribution >= 0.6 is 0 Å². The van der Waals surface area contributed by atoms with Crippen molar-refractivity contribution in [3.05, 3.63) is 0 Å². The predicted molar refractivity (Wildman–Crippen MR) is 59.3 cm³/mol. The molecule has 0 aromatic carbocycles. The van der Waals surface area contributed by atoms with Crippen LogP contribution < -0.4 is 0 Å². The molecule has 0 amide bonds. The van der Waals surface area contributed by atoms with Crippen molar-refractivity contribution in [1.82, 2.24) is 0 Å². The fraction of sp³-hybridized carbons (Fsp3) is 0.846. The summed E-state index contributed by atoms with van der Waals surface area (Å²) in [6.07, 6.45) is -4.72. The summed E-state index contributed by atoms with van der Waals surface area (Å²) in [5.74, 6) is -1.83. The van der Waals surface area contributed by atoms with E-state index in [4.69, 9.17) is 9.47 Å². The molecule has 7 heteroatoms. The molecule has 1 heterocycles. The number of hydrogen-bond donors (Lipinski definition) is 0. The van der Waals surface area contributed by atoms with Gasteiger partial charge in [0.05, 0.1) is 5.92 Å². The topological polar surface area (TPSA) is 52.6 Å². The highest BCUT2D eigenvalue weighted by Crippen LogP contribution is 2.56. The fourth-order valence-electron chi connectivity index (χ4n) is 3.45. The summed E-state index contributed by atoms with van der Waals surface area (Å²) < 4.78 is 48.7. The second-order valence-electron chi connectivity index (χ2n) is 6.40. The first-order valence-corrected chi connectivity index (χ1v) is 6.61. The molecule has 0 spiro atoms. The maximum Gasteiger partial charge on any atom is 0.404 e. The monoisotopic (exact) mass is 292 g/mol. The van der Waals surface area contributed by atoms with E-state index >= 15 is 0 Å². The van der Waals surface area contributed by atoms with Crippen molar-refractivity contribution in [3.8, 4) is 0 Å². The van der Waals surface area contributed by atoms with Crippen LogP contribution in [0.1, 0.15) is 26.7 Å². The van der Waals surface area contributed by atoms with E-state index in [1.165, 1.54) is 0 Å². The van der Waals surface area contributed by atoms with E-state index in [2.05, 4.69) is 0 Å². The number of fused-ring (bicyclic) bond motifs is 1. The van der Waals surface area contributed by atoms with Crippen LogP contribution in [0.25, 0.3) is 0 Å². The third-order valence-electron chi connectivity index (χ3n) is 4.88. The summed E-state index contributed by atoms with van der Waals surface area (Å²) in [5.41, 5.74) is -2.56. The number of carbonyl (C=O) groups is 2. The molecule has 3 aliphatic rings. The second-order valence-corrected chi connectivity index (χ2v) is 6.40. The van der Waals surface area contributed by atoms with Gasteiger partial charge in [0.15, 0.2) is 5.41 Å². The summed E-state index contributed by atoms with van der Waals surface area (Å²) in [6, 6.07) is 0. The Balaban J connectivity index is 1.74. The molecule has 2 aliphatic carbocycles. The number of halogens is 3. The summed E-state index contributed by atoms with van der Waals surface area (Å²) in [4.78, 5) is 23.4. The molecule has 3 fully saturated rings. The van der Waals surface area contributed by atoms with Crippen molar-refractivity contribution < 1.29 is 32.2 Å². The minimum absolute atomic E-state index is 0.000649. The molecule has 3 rings (SSSR count). The van der Waals surface area contributed by atoms with E-state index in [9.17, 15) is 22.8 Å². The first-order valence-electron chi connectivity index (χ1n) is 6.61. The van der Waals surface area contributed by atoms with E-state index in [-0.39, 0.29) is 23.7 Å². The van der Waals surface area contributed by atoms with Crippen LogP contribution in [0.4, 0.5) is 13.2 Å². The number of alkyl halides is 3. The summed E-state index contributed by atoms with van der Waals surface area (Å²) in [6.45, 7) is 1.60. The first-order chi connectivity index (χ1) is 9.13. The summed E-state index contributed by atoms with van der Waals surface area (Å²) in [7, 11) is 0. The Labute approximate surface area is 113 Å². The molecular weight excluding hydrogens is 277 g/mol. The molecule has 0 N–H and O–H groups in total. The van der Waals surface area contributed by atoms with Crippen LogP contribution in [-0.4, -0.2) is 30.3 Å². The Morgan fingerprint density at radius 2 is 1.95 bits per heavy atom. The largest absolute Gasteiger partial charge is 0.458 e. The highest BCUT2D eigenvalue weighted by molar-refractivity contribution is 5.79. The van der Waals surface area contributed by atoms with Crippen LogP contribution in [0.2, 0.25) is 0 Å². The smallest absolute Gasteiger partial charge is 0.404 e. The van der Waals surface area contributed by atoms with Crippen LogP contribution in [0.3, 0.4) is 0 Å².